The van der Waals surface area contributed by atoms with Crippen LogP contribution in [0.4, 0.5) is 5.69 Å². The van der Waals surface area contributed by atoms with Crippen LogP contribution < -0.4 is 15.8 Å². The first-order chi connectivity index (χ1) is 12.8. The maximum Gasteiger partial charge on any atom is 0.265 e. The molecule has 0 saturated carbocycles. The molecule has 0 spiro atoms. The average Bonchev–Trinajstić information content (AvgIpc) is 2.66. The van der Waals surface area contributed by atoms with E-state index in [4.69, 9.17) is 10.5 Å². The summed E-state index contributed by atoms with van der Waals surface area (Å²) < 4.78 is 5.53. The molecular formula is C20H28ClN3O4. The second-order valence-electron chi connectivity index (χ2n) is 7.50. The minimum absolute atomic E-state index is 0. The summed E-state index contributed by atoms with van der Waals surface area (Å²) in [6, 6.07) is 5.17. The topological polar surface area (TPSA) is 102 Å². The van der Waals surface area contributed by atoms with Gasteiger partial charge in [-0.2, -0.15) is 0 Å². The van der Waals surface area contributed by atoms with Crippen LogP contribution in [0.5, 0.6) is 5.75 Å². The average molecular weight is 410 g/mol. The maximum atomic E-state index is 12.8. The molecule has 0 aromatic heterocycles. The number of carbonyl (C=O) groups is 3. The van der Waals surface area contributed by atoms with Crippen molar-refractivity contribution in [3.8, 4) is 5.75 Å². The Morgan fingerprint density at radius 3 is 2.64 bits per heavy atom. The van der Waals surface area contributed by atoms with Crippen molar-refractivity contribution in [2.75, 3.05) is 18.4 Å². The highest BCUT2D eigenvalue weighted by atomic mass is 35.5. The Kier molecular flexibility index (Phi) is 7.43. The van der Waals surface area contributed by atoms with Crippen LogP contribution in [0.25, 0.3) is 0 Å². The molecule has 1 fully saturated rings. The molecule has 0 radical (unpaired) electrons. The van der Waals surface area contributed by atoms with Crippen LogP contribution in [0.15, 0.2) is 18.2 Å². The number of nitrogens with two attached hydrogens (primary N) is 1. The Labute approximate surface area is 171 Å². The summed E-state index contributed by atoms with van der Waals surface area (Å²) in [5, 5.41) is 2.77. The van der Waals surface area contributed by atoms with Gasteiger partial charge in [-0.15, -0.1) is 12.4 Å². The third kappa shape index (κ3) is 5.02. The Hall–Kier alpha value is -2.12. The summed E-state index contributed by atoms with van der Waals surface area (Å²) in [4.78, 5) is 38.6. The highest BCUT2D eigenvalue weighted by molar-refractivity contribution is 6.02. The predicted octanol–water partition coefficient (Wildman–Crippen LogP) is 2.38. The summed E-state index contributed by atoms with van der Waals surface area (Å²) in [7, 11) is 0. The number of hydrogen-bond donors (Lipinski definition) is 2. The minimum atomic E-state index is -0.539. The highest BCUT2D eigenvalue weighted by Gasteiger charge is 2.29. The SMILES string of the molecule is CC(N)CCC(=O)N1CCC(C(=O)c2ccc3c(c2)NC(=O)C(C)O3)CC1.Cl. The highest BCUT2D eigenvalue weighted by Crippen LogP contribution is 2.32. The Morgan fingerprint density at radius 1 is 1.32 bits per heavy atom. The van der Waals surface area contributed by atoms with E-state index < -0.39 is 6.10 Å². The number of hydrogen-bond acceptors (Lipinski definition) is 5. The zero-order valence-electron chi connectivity index (χ0n) is 16.3. The van der Waals surface area contributed by atoms with E-state index in [9.17, 15) is 14.4 Å². The van der Waals surface area contributed by atoms with Crippen molar-refractivity contribution < 1.29 is 19.1 Å². The molecule has 3 rings (SSSR count). The Balaban J connectivity index is 0.00000280. The molecule has 0 bridgehead atoms. The van der Waals surface area contributed by atoms with Gasteiger partial charge >= 0.3 is 0 Å². The number of amides is 2. The number of nitrogens with one attached hydrogen (secondary N) is 1. The van der Waals surface area contributed by atoms with Crippen LogP contribution >= 0.6 is 12.4 Å². The number of halogens is 1. The van der Waals surface area contributed by atoms with Crippen molar-refractivity contribution in [1.82, 2.24) is 4.90 Å². The van der Waals surface area contributed by atoms with Crippen molar-refractivity contribution in [3.63, 3.8) is 0 Å². The van der Waals surface area contributed by atoms with Gasteiger partial charge in [-0.1, -0.05) is 0 Å². The maximum absolute atomic E-state index is 12.8. The fourth-order valence-electron chi connectivity index (χ4n) is 3.50. The molecule has 2 unspecified atom stereocenters. The van der Waals surface area contributed by atoms with Crippen LogP contribution in [0, 0.1) is 5.92 Å². The molecule has 1 saturated heterocycles. The lowest BCUT2D eigenvalue weighted by Gasteiger charge is -2.32. The lowest BCUT2D eigenvalue weighted by Crippen LogP contribution is -2.40. The molecule has 154 valence electrons. The first-order valence-electron chi connectivity index (χ1n) is 9.54. The van der Waals surface area contributed by atoms with E-state index in [0.717, 1.165) is 0 Å². The van der Waals surface area contributed by atoms with E-state index in [0.29, 0.717) is 55.8 Å². The van der Waals surface area contributed by atoms with Crippen molar-refractivity contribution in [1.29, 1.82) is 0 Å². The van der Waals surface area contributed by atoms with E-state index >= 15 is 0 Å². The van der Waals surface area contributed by atoms with E-state index in [2.05, 4.69) is 5.32 Å². The number of benzene rings is 1. The van der Waals surface area contributed by atoms with E-state index in [1.807, 2.05) is 11.8 Å². The standard InChI is InChI=1S/C20H27N3O4.ClH/c1-12(21)3-6-18(24)23-9-7-14(8-10-23)19(25)15-4-5-17-16(11-15)22-20(26)13(2)27-17;/h4-5,11-14H,3,6-10,21H2,1-2H3,(H,22,26);1H. The third-order valence-corrected chi connectivity index (χ3v) is 5.23. The molecule has 2 aliphatic rings. The third-order valence-electron chi connectivity index (χ3n) is 5.23. The molecule has 7 nitrogen and oxygen atoms in total. The largest absolute Gasteiger partial charge is 0.479 e. The van der Waals surface area contributed by atoms with Gasteiger partial charge in [0.15, 0.2) is 11.9 Å². The second-order valence-corrected chi connectivity index (χ2v) is 7.50. The van der Waals surface area contributed by atoms with E-state index in [1.54, 1.807) is 25.1 Å². The molecule has 1 aromatic rings. The van der Waals surface area contributed by atoms with Gasteiger partial charge in [0, 0.05) is 37.0 Å². The van der Waals surface area contributed by atoms with Gasteiger partial charge in [0.1, 0.15) is 5.75 Å². The van der Waals surface area contributed by atoms with Crippen molar-refractivity contribution in [2.45, 2.75) is 51.7 Å². The molecule has 2 aliphatic heterocycles. The molecule has 3 N–H and O–H groups in total. The quantitative estimate of drug-likeness (QED) is 0.727. The van der Waals surface area contributed by atoms with Crippen LogP contribution in [0.2, 0.25) is 0 Å². The van der Waals surface area contributed by atoms with Crippen molar-refractivity contribution >= 4 is 35.7 Å². The first-order valence-corrected chi connectivity index (χ1v) is 9.54. The van der Waals surface area contributed by atoms with Gasteiger partial charge in [-0.05, 0) is 51.3 Å². The van der Waals surface area contributed by atoms with Gasteiger partial charge in [-0.3, -0.25) is 14.4 Å². The fraction of sp³-hybridized carbons (Fsp3) is 0.550. The van der Waals surface area contributed by atoms with Gasteiger partial charge in [-0.25, -0.2) is 0 Å². The van der Waals surface area contributed by atoms with Gasteiger partial charge < -0.3 is 20.7 Å². The predicted molar refractivity (Wildman–Crippen MR) is 109 cm³/mol. The summed E-state index contributed by atoms with van der Waals surface area (Å²) in [6.07, 6.45) is 1.90. The number of ketones is 1. The summed E-state index contributed by atoms with van der Waals surface area (Å²) >= 11 is 0. The smallest absolute Gasteiger partial charge is 0.265 e. The number of anilines is 1. The summed E-state index contributed by atoms with van der Waals surface area (Å²) in [5.74, 6) is 0.410. The summed E-state index contributed by atoms with van der Waals surface area (Å²) in [6.45, 7) is 4.76. The van der Waals surface area contributed by atoms with E-state index in [-0.39, 0.29) is 42.0 Å². The number of ether oxygens (including phenoxy) is 1. The number of rotatable bonds is 5. The molecule has 28 heavy (non-hydrogen) atoms. The number of likely N-dealkylation sites (tertiary alicyclic amines) is 1. The van der Waals surface area contributed by atoms with Crippen molar-refractivity contribution in [2.24, 2.45) is 11.7 Å². The molecule has 2 amide bonds. The monoisotopic (exact) mass is 409 g/mol. The molecule has 2 heterocycles. The number of piperidine rings is 1. The van der Waals surface area contributed by atoms with Crippen LogP contribution in [0.3, 0.4) is 0 Å². The lowest BCUT2D eigenvalue weighted by molar-refractivity contribution is -0.132. The minimum Gasteiger partial charge on any atom is -0.479 e. The first kappa shape index (κ1) is 22.2. The molecular weight excluding hydrogens is 382 g/mol. The summed E-state index contributed by atoms with van der Waals surface area (Å²) in [5.41, 5.74) is 6.81. The number of Topliss-reactive ketones (excluding diaryl/α,β-unsaturated/α-hetero) is 1. The Bertz CT molecular complexity index is 745. The van der Waals surface area contributed by atoms with Crippen LogP contribution in [-0.4, -0.2) is 47.7 Å². The fourth-order valence-corrected chi connectivity index (χ4v) is 3.50. The Morgan fingerprint density at radius 2 is 2.00 bits per heavy atom. The number of fused-ring (bicyclic) bond motifs is 1. The molecule has 8 heteroatoms. The lowest BCUT2D eigenvalue weighted by atomic mass is 9.88. The van der Waals surface area contributed by atoms with Crippen LogP contribution in [-0.2, 0) is 9.59 Å². The number of carbonyl (C=O) groups excluding carboxylic acids is 3. The van der Waals surface area contributed by atoms with Crippen molar-refractivity contribution in [3.05, 3.63) is 23.8 Å². The van der Waals surface area contributed by atoms with Gasteiger partial charge in [0.25, 0.3) is 5.91 Å². The zero-order valence-corrected chi connectivity index (χ0v) is 17.1. The molecule has 0 aliphatic carbocycles. The van der Waals surface area contributed by atoms with Gasteiger partial charge in [0.2, 0.25) is 5.91 Å². The van der Waals surface area contributed by atoms with Crippen LogP contribution in [0.1, 0.15) is 49.9 Å². The molecule has 2 atom stereocenters. The zero-order chi connectivity index (χ0) is 19.6. The van der Waals surface area contributed by atoms with E-state index in [1.165, 1.54) is 0 Å². The van der Waals surface area contributed by atoms with Gasteiger partial charge in [0.05, 0.1) is 5.69 Å². The number of nitrogens with zero attached hydrogens (tertiary/aromatic N) is 1. The second kappa shape index (κ2) is 9.39. The molecule has 1 aromatic carbocycles. The normalized spacial score (nSPS) is 20.3.